The minimum atomic E-state index is -0.186. The Morgan fingerprint density at radius 1 is 1.14 bits per heavy atom. The van der Waals surface area contributed by atoms with Crippen molar-refractivity contribution in [2.45, 2.75) is 18.9 Å². The van der Waals surface area contributed by atoms with Gasteiger partial charge in [-0.25, -0.2) is 4.79 Å². The smallest absolute Gasteiger partial charge is 0.410 e. The number of amides is 1. The molecule has 0 aliphatic carbocycles. The number of methoxy groups -OCH3 is 1. The van der Waals surface area contributed by atoms with Gasteiger partial charge in [-0.2, -0.15) is 9.61 Å². The fourth-order valence-corrected chi connectivity index (χ4v) is 4.10. The molecule has 150 valence electrons. The zero-order chi connectivity index (χ0) is 19.8. The molecular formula is C20H22N6O3. The molecule has 4 heterocycles. The Morgan fingerprint density at radius 2 is 1.93 bits per heavy atom. The maximum Gasteiger partial charge on any atom is 0.410 e. The van der Waals surface area contributed by atoms with E-state index in [0.29, 0.717) is 13.2 Å². The van der Waals surface area contributed by atoms with E-state index in [1.165, 1.54) is 0 Å². The Kier molecular flexibility index (Phi) is 4.42. The van der Waals surface area contributed by atoms with Gasteiger partial charge in [-0.05, 0) is 43.2 Å². The molecular weight excluding hydrogens is 372 g/mol. The molecule has 0 spiro atoms. The largest absolute Gasteiger partial charge is 0.497 e. The molecule has 29 heavy (non-hydrogen) atoms. The van der Waals surface area contributed by atoms with Crippen LogP contribution in [0.25, 0.3) is 16.9 Å². The van der Waals surface area contributed by atoms with Crippen molar-refractivity contribution in [2.24, 2.45) is 0 Å². The Bertz CT molecular complexity index is 1030. The third-order valence-electron chi connectivity index (χ3n) is 5.67. The van der Waals surface area contributed by atoms with E-state index in [4.69, 9.17) is 9.47 Å². The monoisotopic (exact) mass is 394 g/mol. The zero-order valence-corrected chi connectivity index (χ0v) is 16.2. The molecule has 1 aromatic carbocycles. The Balaban J connectivity index is 1.42. The van der Waals surface area contributed by atoms with Crippen molar-refractivity contribution < 1.29 is 14.3 Å². The number of hydrogen-bond acceptors (Lipinski definition) is 7. The molecule has 9 heteroatoms. The van der Waals surface area contributed by atoms with Gasteiger partial charge in [0.25, 0.3) is 0 Å². The van der Waals surface area contributed by atoms with Crippen molar-refractivity contribution in [1.29, 1.82) is 0 Å². The quantitative estimate of drug-likeness (QED) is 0.671. The van der Waals surface area contributed by atoms with E-state index >= 15 is 0 Å². The van der Waals surface area contributed by atoms with Crippen LogP contribution in [0.2, 0.25) is 0 Å². The summed E-state index contributed by atoms with van der Waals surface area (Å²) in [5.41, 5.74) is 3.59. The first-order valence-corrected chi connectivity index (χ1v) is 9.77. The van der Waals surface area contributed by atoms with Gasteiger partial charge in [0.1, 0.15) is 18.7 Å². The molecule has 2 aliphatic rings. The molecule has 0 N–H and O–H groups in total. The Morgan fingerprint density at radius 3 is 2.62 bits per heavy atom. The first kappa shape index (κ1) is 17.7. The van der Waals surface area contributed by atoms with Crippen LogP contribution >= 0.6 is 0 Å². The number of benzene rings is 1. The lowest BCUT2D eigenvalue weighted by Crippen LogP contribution is -2.45. The molecule has 0 unspecified atom stereocenters. The summed E-state index contributed by atoms with van der Waals surface area (Å²) in [6, 6.07) is 10.1. The Hall–Kier alpha value is -3.36. The molecule has 3 aromatic rings. The van der Waals surface area contributed by atoms with E-state index in [9.17, 15) is 4.79 Å². The summed E-state index contributed by atoms with van der Waals surface area (Å²) in [4.78, 5) is 16.0. The van der Waals surface area contributed by atoms with E-state index in [1.54, 1.807) is 18.0 Å². The van der Waals surface area contributed by atoms with Crippen LogP contribution in [0.15, 0.2) is 36.7 Å². The summed E-state index contributed by atoms with van der Waals surface area (Å²) in [6.45, 7) is 2.86. The van der Waals surface area contributed by atoms with Crippen molar-refractivity contribution in [2.75, 3.05) is 38.3 Å². The van der Waals surface area contributed by atoms with Gasteiger partial charge in [0.15, 0.2) is 0 Å². The normalized spacial score (nSPS) is 17.8. The minimum absolute atomic E-state index is 0.186. The summed E-state index contributed by atoms with van der Waals surface area (Å²) in [5, 5.41) is 13.0. The van der Waals surface area contributed by atoms with E-state index in [-0.39, 0.29) is 12.1 Å². The van der Waals surface area contributed by atoms with Gasteiger partial charge in [-0.15, -0.1) is 10.2 Å². The van der Waals surface area contributed by atoms with Crippen LogP contribution in [0.5, 0.6) is 5.75 Å². The number of hydrogen-bond donors (Lipinski definition) is 0. The van der Waals surface area contributed by atoms with Gasteiger partial charge in [-0.1, -0.05) is 0 Å². The first-order valence-electron chi connectivity index (χ1n) is 9.77. The van der Waals surface area contributed by atoms with Gasteiger partial charge < -0.3 is 19.3 Å². The molecule has 2 saturated heterocycles. The van der Waals surface area contributed by atoms with Crippen LogP contribution in [0.4, 0.5) is 10.5 Å². The van der Waals surface area contributed by atoms with Crippen molar-refractivity contribution in [3.63, 3.8) is 0 Å². The van der Waals surface area contributed by atoms with Crippen molar-refractivity contribution in [3.05, 3.63) is 36.7 Å². The SMILES string of the molecule is COc1ccc(-c2cc(N3CCC(N4CCOC4=O)CC3)c3nncn3n2)cc1. The predicted octanol–water partition coefficient (Wildman–Crippen LogP) is 2.22. The van der Waals surface area contributed by atoms with E-state index in [0.717, 1.165) is 54.3 Å². The molecule has 5 rings (SSSR count). The highest BCUT2D eigenvalue weighted by atomic mass is 16.6. The summed E-state index contributed by atoms with van der Waals surface area (Å²) in [6.07, 6.45) is 3.23. The second kappa shape index (κ2) is 7.23. The summed E-state index contributed by atoms with van der Waals surface area (Å²) in [5.74, 6) is 0.807. The average Bonchev–Trinajstić information content (AvgIpc) is 3.42. The highest BCUT2D eigenvalue weighted by Crippen LogP contribution is 2.30. The topological polar surface area (TPSA) is 85.1 Å². The molecule has 1 amide bonds. The number of fused-ring (bicyclic) bond motifs is 1. The molecule has 2 aliphatic heterocycles. The van der Waals surface area contributed by atoms with Crippen molar-refractivity contribution in [1.82, 2.24) is 24.7 Å². The number of piperidine rings is 1. The number of carbonyl (C=O) groups excluding carboxylic acids is 1. The summed E-state index contributed by atoms with van der Waals surface area (Å²) in [7, 11) is 1.65. The van der Waals surface area contributed by atoms with E-state index in [1.807, 2.05) is 29.2 Å². The van der Waals surface area contributed by atoms with E-state index in [2.05, 4.69) is 26.3 Å². The number of carbonyl (C=O) groups is 1. The van der Waals surface area contributed by atoms with Gasteiger partial charge in [0.05, 0.1) is 25.0 Å². The number of anilines is 1. The highest BCUT2D eigenvalue weighted by molar-refractivity contribution is 5.75. The lowest BCUT2D eigenvalue weighted by molar-refractivity contribution is 0.142. The van der Waals surface area contributed by atoms with Crippen molar-refractivity contribution in [3.8, 4) is 17.0 Å². The molecule has 0 atom stereocenters. The van der Waals surface area contributed by atoms with Gasteiger partial charge in [0, 0.05) is 24.7 Å². The number of rotatable bonds is 4. The summed E-state index contributed by atoms with van der Waals surface area (Å²) < 4.78 is 12.1. The average molecular weight is 394 g/mol. The van der Waals surface area contributed by atoms with Crippen molar-refractivity contribution >= 4 is 17.4 Å². The minimum Gasteiger partial charge on any atom is -0.497 e. The van der Waals surface area contributed by atoms with Crippen LogP contribution in [0, 0.1) is 0 Å². The highest BCUT2D eigenvalue weighted by Gasteiger charge is 2.32. The van der Waals surface area contributed by atoms with Crippen LogP contribution in [0.1, 0.15) is 12.8 Å². The van der Waals surface area contributed by atoms with Crippen LogP contribution in [-0.2, 0) is 4.74 Å². The number of aromatic nitrogens is 4. The number of cyclic esters (lactones) is 1. The molecule has 9 nitrogen and oxygen atoms in total. The number of nitrogens with zero attached hydrogens (tertiary/aromatic N) is 6. The van der Waals surface area contributed by atoms with Crippen LogP contribution in [0.3, 0.4) is 0 Å². The molecule has 0 saturated carbocycles. The lowest BCUT2D eigenvalue weighted by atomic mass is 10.0. The maximum atomic E-state index is 11.9. The van der Waals surface area contributed by atoms with Gasteiger partial charge in [-0.3, -0.25) is 0 Å². The Labute approximate surface area is 167 Å². The third-order valence-corrected chi connectivity index (χ3v) is 5.67. The fraction of sp³-hybridized carbons (Fsp3) is 0.400. The van der Waals surface area contributed by atoms with E-state index < -0.39 is 0 Å². The molecule has 2 fully saturated rings. The predicted molar refractivity (Wildman–Crippen MR) is 106 cm³/mol. The van der Waals surface area contributed by atoms with Gasteiger partial charge >= 0.3 is 6.09 Å². The zero-order valence-electron chi connectivity index (χ0n) is 16.2. The molecule has 0 radical (unpaired) electrons. The third kappa shape index (κ3) is 3.22. The maximum absolute atomic E-state index is 11.9. The lowest BCUT2D eigenvalue weighted by Gasteiger charge is -2.36. The standard InChI is InChI=1S/C20H22N6O3/c1-28-16-4-2-14(3-5-16)17-12-18(19-22-21-13-26(19)23-17)24-8-6-15(7-9-24)25-10-11-29-20(25)27/h2-5,12-13,15H,6-11H2,1H3. The molecule has 2 aromatic heterocycles. The second-order valence-electron chi connectivity index (χ2n) is 7.27. The van der Waals surface area contributed by atoms with Gasteiger partial charge in [0.2, 0.25) is 5.65 Å². The molecule has 0 bridgehead atoms. The fourth-order valence-electron chi connectivity index (χ4n) is 4.10. The number of ether oxygens (including phenoxy) is 2. The van der Waals surface area contributed by atoms with Crippen LogP contribution < -0.4 is 9.64 Å². The summed E-state index contributed by atoms with van der Waals surface area (Å²) >= 11 is 0. The van der Waals surface area contributed by atoms with Crippen LogP contribution in [-0.4, -0.2) is 70.2 Å². The first-order chi connectivity index (χ1) is 14.2. The second-order valence-corrected chi connectivity index (χ2v) is 7.27.